The minimum atomic E-state index is 0.138. The Balaban J connectivity index is 1.65. The summed E-state index contributed by atoms with van der Waals surface area (Å²) in [7, 11) is 1.98. The van der Waals surface area contributed by atoms with Gasteiger partial charge in [-0.3, -0.25) is 5.10 Å². The lowest BCUT2D eigenvalue weighted by molar-refractivity contribution is 0.304. The minimum absolute atomic E-state index is 0.138. The molecule has 0 aliphatic carbocycles. The zero-order valence-corrected chi connectivity index (χ0v) is 15.2. The van der Waals surface area contributed by atoms with E-state index in [1.165, 1.54) is 0 Å². The van der Waals surface area contributed by atoms with Gasteiger partial charge in [0, 0.05) is 31.4 Å². The third-order valence-corrected chi connectivity index (χ3v) is 4.69. The molecule has 2 aromatic carbocycles. The number of aromatic amines is 1. The standard InChI is InChI=1S/C22H22N4O/c1-25(14-15-27)18-12-13-26(16-18)22-9-5-2-6-17(22)10-11-21-19-7-3-4-8-20(19)23-24-21/h2-13,16,27H,14-15H2,1H3,(H,23,24)/b11-10+. The Kier molecular flexibility index (Phi) is 4.77. The van der Waals surface area contributed by atoms with Crippen LogP contribution in [0.5, 0.6) is 0 Å². The lowest BCUT2D eigenvalue weighted by Crippen LogP contribution is -2.20. The summed E-state index contributed by atoms with van der Waals surface area (Å²) in [5.74, 6) is 0. The van der Waals surface area contributed by atoms with Crippen molar-refractivity contribution in [2.45, 2.75) is 0 Å². The molecule has 0 fully saturated rings. The summed E-state index contributed by atoms with van der Waals surface area (Å²) in [6, 6.07) is 18.4. The first-order valence-electron chi connectivity index (χ1n) is 8.97. The number of anilines is 1. The number of hydrogen-bond acceptors (Lipinski definition) is 3. The molecule has 0 aliphatic rings. The maximum absolute atomic E-state index is 9.14. The molecule has 0 spiro atoms. The maximum atomic E-state index is 9.14. The Morgan fingerprint density at radius 1 is 1.07 bits per heavy atom. The molecule has 0 saturated carbocycles. The van der Waals surface area contributed by atoms with Gasteiger partial charge in [-0.2, -0.15) is 5.10 Å². The first kappa shape index (κ1) is 17.1. The van der Waals surface area contributed by atoms with Crippen LogP contribution in [-0.4, -0.2) is 40.1 Å². The second-order valence-electron chi connectivity index (χ2n) is 6.47. The predicted octanol–water partition coefficient (Wildman–Crippen LogP) is 3.95. The number of H-pyrrole nitrogens is 1. The quantitative estimate of drug-likeness (QED) is 0.549. The molecular weight excluding hydrogens is 336 g/mol. The molecule has 2 N–H and O–H groups in total. The fourth-order valence-corrected chi connectivity index (χ4v) is 3.18. The van der Waals surface area contributed by atoms with E-state index in [0.717, 1.165) is 33.5 Å². The SMILES string of the molecule is CN(CCO)c1ccn(-c2ccccc2/C=C/c2n[nH]c3ccccc23)c1. The Hall–Kier alpha value is -3.31. The second kappa shape index (κ2) is 7.51. The van der Waals surface area contributed by atoms with Crippen LogP contribution in [0.25, 0.3) is 28.7 Å². The third kappa shape index (κ3) is 3.50. The Morgan fingerprint density at radius 2 is 1.89 bits per heavy atom. The highest BCUT2D eigenvalue weighted by Gasteiger charge is 2.07. The first-order valence-corrected chi connectivity index (χ1v) is 8.97. The molecule has 2 aromatic heterocycles. The van der Waals surface area contributed by atoms with E-state index in [2.05, 4.69) is 51.3 Å². The molecule has 0 unspecified atom stereocenters. The lowest BCUT2D eigenvalue weighted by Gasteiger charge is -2.15. The summed E-state index contributed by atoms with van der Waals surface area (Å²) in [5, 5.41) is 17.7. The highest BCUT2D eigenvalue weighted by atomic mass is 16.3. The topological polar surface area (TPSA) is 57.1 Å². The van der Waals surface area contributed by atoms with Gasteiger partial charge in [0.2, 0.25) is 0 Å². The highest BCUT2D eigenvalue weighted by molar-refractivity contribution is 5.89. The monoisotopic (exact) mass is 358 g/mol. The van der Waals surface area contributed by atoms with Crippen molar-refractivity contribution in [1.82, 2.24) is 14.8 Å². The first-order chi connectivity index (χ1) is 13.3. The lowest BCUT2D eigenvalue weighted by atomic mass is 10.1. The fourth-order valence-electron chi connectivity index (χ4n) is 3.18. The summed E-state index contributed by atoms with van der Waals surface area (Å²) in [5.41, 5.74) is 5.23. The normalized spacial score (nSPS) is 11.5. The summed E-state index contributed by atoms with van der Waals surface area (Å²) >= 11 is 0. The van der Waals surface area contributed by atoms with Crippen LogP contribution in [0.15, 0.2) is 67.0 Å². The van der Waals surface area contributed by atoms with Crippen molar-refractivity contribution in [2.24, 2.45) is 0 Å². The van der Waals surface area contributed by atoms with Gasteiger partial charge < -0.3 is 14.6 Å². The number of aliphatic hydroxyl groups is 1. The predicted molar refractivity (Wildman–Crippen MR) is 111 cm³/mol. The molecule has 0 amide bonds. The van der Waals surface area contributed by atoms with Crippen molar-refractivity contribution in [3.63, 3.8) is 0 Å². The Morgan fingerprint density at radius 3 is 2.78 bits per heavy atom. The summed E-state index contributed by atoms with van der Waals surface area (Å²) < 4.78 is 2.10. The molecule has 4 rings (SSSR count). The molecule has 0 atom stereocenters. The fraction of sp³-hybridized carbons (Fsp3) is 0.136. The van der Waals surface area contributed by atoms with Crippen LogP contribution in [0, 0.1) is 0 Å². The van der Waals surface area contributed by atoms with Crippen LogP contribution in [0.4, 0.5) is 5.69 Å². The van der Waals surface area contributed by atoms with Gasteiger partial charge in [-0.15, -0.1) is 0 Å². The number of benzene rings is 2. The average Bonchev–Trinajstić information content (AvgIpc) is 3.34. The molecular formula is C22H22N4O. The van der Waals surface area contributed by atoms with Gasteiger partial charge in [0.15, 0.2) is 0 Å². The molecule has 136 valence electrons. The summed E-state index contributed by atoms with van der Waals surface area (Å²) in [4.78, 5) is 2.03. The molecule has 27 heavy (non-hydrogen) atoms. The number of nitrogens with one attached hydrogen (secondary N) is 1. The van der Waals surface area contributed by atoms with Crippen molar-refractivity contribution < 1.29 is 5.11 Å². The van der Waals surface area contributed by atoms with Gasteiger partial charge in [0.05, 0.1) is 29.2 Å². The molecule has 0 saturated heterocycles. The largest absolute Gasteiger partial charge is 0.395 e. The number of rotatable bonds is 6. The summed E-state index contributed by atoms with van der Waals surface area (Å²) in [6.45, 7) is 0.746. The van der Waals surface area contributed by atoms with E-state index < -0.39 is 0 Å². The van der Waals surface area contributed by atoms with Gasteiger partial charge >= 0.3 is 0 Å². The van der Waals surface area contributed by atoms with Crippen molar-refractivity contribution >= 4 is 28.7 Å². The van der Waals surface area contributed by atoms with Crippen LogP contribution in [0.1, 0.15) is 11.3 Å². The van der Waals surface area contributed by atoms with Crippen LogP contribution >= 0.6 is 0 Å². The minimum Gasteiger partial charge on any atom is -0.395 e. The molecule has 5 nitrogen and oxygen atoms in total. The van der Waals surface area contributed by atoms with Crippen LogP contribution in [0.3, 0.4) is 0 Å². The zero-order chi connectivity index (χ0) is 18.6. The van der Waals surface area contributed by atoms with Crippen molar-refractivity contribution in [1.29, 1.82) is 0 Å². The number of likely N-dealkylation sites (N-methyl/N-ethyl adjacent to an activating group) is 1. The van der Waals surface area contributed by atoms with Gasteiger partial charge in [-0.1, -0.05) is 42.5 Å². The zero-order valence-electron chi connectivity index (χ0n) is 15.2. The van der Waals surface area contributed by atoms with Crippen molar-refractivity contribution in [3.8, 4) is 5.69 Å². The number of aliphatic hydroxyl groups excluding tert-OH is 1. The molecule has 0 aliphatic heterocycles. The van der Waals surface area contributed by atoms with Crippen LogP contribution in [-0.2, 0) is 0 Å². The van der Waals surface area contributed by atoms with E-state index in [0.29, 0.717) is 6.54 Å². The highest BCUT2D eigenvalue weighted by Crippen LogP contribution is 2.23. The van der Waals surface area contributed by atoms with E-state index in [-0.39, 0.29) is 6.61 Å². The summed E-state index contributed by atoms with van der Waals surface area (Å²) in [6.07, 6.45) is 8.25. The average molecular weight is 358 g/mol. The molecule has 0 radical (unpaired) electrons. The van der Waals surface area contributed by atoms with E-state index in [1.807, 2.05) is 54.6 Å². The Labute approximate surface area is 158 Å². The van der Waals surface area contributed by atoms with Gasteiger partial charge in [-0.25, -0.2) is 0 Å². The van der Waals surface area contributed by atoms with E-state index in [4.69, 9.17) is 5.11 Å². The molecule has 2 heterocycles. The van der Waals surface area contributed by atoms with Crippen molar-refractivity contribution in [2.75, 3.05) is 25.1 Å². The number of nitrogens with zero attached hydrogens (tertiary/aromatic N) is 3. The van der Waals surface area contributed by atoms with Gasteiger partial charge in [0.25, 0.3) is 0 Å². The van der Waals surface area contributed by atoms with Gasteiger partial charge in [0.1, 0.15) is 0 Å². The number of para-hydroxylation sites is 2. The number of hydrogen-bond donors (Lipinski definition) is 2. The number of aromatic nitrogens is 3. The second-order valence-corrected chi connectivity index (χ2v) is 6.47. The van der Waals surface area contributed by atoms with Gasteiger partial charge in [-0.05, 0) is 29.8 Å². The Bertz CT molecular complexity index is 1080. The van der Waals surface area contributed by atoms with E-state index >= 15 is 0 Å². The molecule has 4 aromatic rings. The van der Waals surface area contributed by atoms with Crippen LogP contribution in [0.2, 0.25) is 0 Å². The molecule has 5 heteroatoms. The maximum Gasteiger partial charge on any atom is 0.0927 e. The van der Waals surface area contributed by atoms with E-state index in [1.54, 1.807) is 0 Å². The third-order valence-electron chi connectivity index (χ3n) is 4.69. The van der Waals surface area contributed by atoms with Crippen LogP contribution < -0.4 is 4.90 Å². The van der Waals surface area contributed by atoms with E-state index in [9.17, 15) is 0 Å². The van der Waals surface area contributed by atoms with Crippen molar-refractivity contribution in [3.05, 3.63) is 78.2 Å². The number of fused-ring (bicyclic) bond motifs is 1. The molecule has 0 bridgehead atoms. The smallest absolute Gasteiger partial charge is 0.0927 e.